The minimum Gasteiger partial charge on any atom is -0.396 e. The standard InChI is InChI=1S/C12H20N4O2S/c1-2-10-19(17,18)16-8-6-15(7-9-16)12-11(13)4-3-5-14-12/h3-5H,2,6-10,13H2,1H3. The number of aromatic nitrogens is 1. The molecule has 1 aromatic rings. The number of nitrogens with two attached hydrogens (primary N) is 1. The third kappa shape index (κ3) is 3.16. The van der Waals surface area contributed by atoms with Crippen LogP contribution in [0.2, 0.25) is 0 Å². The van der Waals surface area contributed by atoms with Gasteiger partial charge in [0.2, 0.25) is 10.0 Å². The summed E-state index contributed by atoms with van der Waals surface area (Å²) in [5.74, 6) is 0.966. The molecule has 0 aromatic carbocycles. The van der Waals surface area contributed by atoms with E-state index < -0.39 is 10.0 Å². The van der Waals surface area contributed by atoms with E-state index in [2.05, 4.69) is 4.98 Å². The van der Waals surface area contributed by atoms with Crippen LogP contribution < -0.4 is 10.6 Å². The molecule has 2 heterocycles. The molecule has 2 rings (SSSR count). The molecule has 1 saturated heterocycles. The van der Waals surface area contributed by atoms with E-state index in [1.165, 1.54) is 0 Å². The summed E-state index contributed by atoms with van der Waals surface area (Å²) in [6.45, 7) is 4.13. The van der Waals surface area contributed by atoms with Crippen LogP contribution in [-0.2, 0) is 10.0 Å². The van der Waals surface area contributed by atoms with Crippen molar-refractivity contribution in [2.45, 2.75) is 13.3 Å². The van der Waals surface area contributed by atoms with Crippen molar-refractivity contribution in [2.24, 2.45) is 0 Å². The zero-order valence-corrected chi connectivity index (χ0v) is 11.9. The fourth-order valence-corrected chi connectivity index (χ4v) is 3.73. The molecule has 1 aliphatic rings. The van der Waals surface area contributed by atoms with E-state index in [4.69, 9.17) is 5.73 Å². The molecule has 7 heteroatoms. The molecular formula is C12H20N4O2S. The summed E-state index contributed by atoms with van der Waals surface area (Å²) >= 11 is 0. The van der Waals surface area contributed by atoms with Crippen LogP contribution >= 0.6 is 0 Å². The van der Waals surface area contributed by atoms with E-state index in [1.54, 1.807) is 16.6 Å². The van der Waals surface area contributed by atoms with Gasteiger partial charge in [0.05, 0.1) is 11.4 Å². The molecule has 1 fully saturated rings. The molecule has 1 aliphatic heterocycles. The summed E-state index contributed by atoms with van der Waals surface area (Å²) in [4.78, 5) is 6.29. The first-order valence-corrected chi connectivity index (χ1v) is 8.09. The van der Waals surface area contributed by atoms with Crippen LogP contribution in [0.3, 0.4) is 0 Å². The maximum Gasteiger partial charge on any atom is 0.214 e. The fraction of sp³-hybridized carbons (Fsp3) is 0.583. The SMILES string of the molecule is CCCS(=O)(=O)N1CCN(c2ncccc2N)CC1. The number of hydrogen-bond acceptors (Lipinski definition) is 5. The highest BCUT2D eigenvalue weighted by Gasteiger charge is 2.27. The van der Waals surface area contributed by atoms with Gasteiger partial charge in [-0.15, -0.1) is 0 Å². The lowest BCUT2D eigenvalue weighted by Crippen LogP contribution is -2.49. The number of pyridine rings is 1. The lowest BCUT2D eigenvalue weighted by atomic mass is 10.3. The molecule has 106 valence electrons. The highest BCUT2D eigenvalue weighted by atomic mass is 32.2. The molecule has 1 aromatic heterocycles. The van der Waals surface area contributed by atoms with Gasteiger partial charge >= 0.3 is 0 Å². The summed E-state index contributed by atoms with van der Waals surface area (Å²) in [7, 11) is -3.09. The fourth-order valence-electron chi connectivity index (χ4n) is 2.24. The molecule has 0 saturated carbocycles. The predicted octanol–water partition coefficient (Wildman–Crippen LogP) is 0.526. The van der Waals surface area contributed by atoms with Gasteiger partial charge in [-0.1, -0.05) is 6.92 Å². The zero-order chi connectivity index (χ0) is 13.9. The van der Waals surface area contributed by atoms with E-state index in [0.717, 1.165) is 5.82 Å². The molecule has 0 amide bonds. The highest BCUT2D eigenvalue weighted by Crippen LogP contribution is 2.21. The molecule has 2 N–H and O–H groups in total. The van der Waals surface area contributed by atoms with Gasteiger partial charge in [0, 0.05) is 32.4 Å². The first-order chi connectivity index (χ1) is 9.04. The van der Waals surface area contributed by atoms with Crippen molar-refractivity contribution >= 4 is 21.5 Å². The van der Waals surface area contributed by atoms with Crippen LogP contribution in [0.4, 0.5) is 11.5 Å². The van der Waals surface area contributed by atoms with Gasteiger partial charge in [-0.05, 0) is 18.6 Å². The van der Waals surface area contributed by atoms with E-state index >= 15 is 0 Å². The van der Waals surface area contributed by atoms with E-state index in [-0.39, 0.29) is 5.75 Å². The van der Waals surface area contributed by atoms with Gasteiger partial charge in [0.1, 0.15) is 0 Å². The van der Waals surface area contributed by atoms with Gasteiger partial charge < -0.3 is 10.6 Å². The van der Waals surface area contributed by atoms with Crippen molar-refractivity contribution in [2.75, 3.05) is 42.6 Å². The second kappa shape index (κ2) is 5.75. The first kappa shape index (κ1) is 14.1. The Bertz CT molecular complexity index is 524. The molecule has 0 aliphatic carbocycles. The van der Waals surface area contributed by atoms with Gasteiger partial charge in [-0.25, -0.2) is 13.4 Å². The predicted molar refractivity (Wildman–Crippen MR) is 76.5 cm³/mol. The number of anilines is 2. The summed E-state index contributed by atoms with van der Waals surface area (Å²) in [6.07, 6.45) is 2.35. The van der Waals surface area contributed by atoms with Gasteiger partial charge in [0.15, 0.2) is 5.82 Å². The molecule has 0 unspecified atom stereocenters. The Hall–Kier alpha value is -1.34. The summed E-state index contributed by atoms with van der Waals surface area (Å²) in [6, 6.07) is 3.60. The highest BCUT2D eigenvalue weighted by molar-refractivity contribution is 7.89. The van der Waals surface area contributed by atoms with Crippen LogP contribution in [0.15, 0.2) is 18.3 Å². The van der Waals surface area contributed by atoms with Crippen molar-refractivity contribution in [1.29, 1.82) is 0 Å². The van der Waals surface area contributed by atoms with Gasteiger partial charge in [0.25, 0.3) is 0 Å². The monoisotopic (exact) mass is 284 g/mol. The Kier molecular flexibility index (Phi) is 4.26. The number of nitrogens with zero attached hydrogens (tertiary/aromatic N) is 3. The zero-order valence-electron chi connectivity index (χ0n) is 11.1. The lowest BCUT2D eigenvalue weighted by molar-refractivity contribution is 0.384. The normalized spacial score (nSPS) is 17.6. The maximum absolute atomic E-state index is 12.0. The summed E-state index contributed by atoms with van der Waals surface area (Å²) in [5, 5.41) is 0. The molecule has 0 atom stereocenters. The molecule has 0 bridgehead atoms. The van der Waals surface area contributed by atoms with Crippen molar-refractivity contribution < 1.29 is 8.42 Å². The largest absolute Gasteiger partial charge is 0.396 e. The topological polar surface area (TPSA) is 79.5 Å². The first-order valence-electron chi connectivity index (χ1n) is 6.48. The van der Waals surface area contributed by atoms with Crippen LogP contribution in [0.25, 0.3) is 0 Å². The second-order valence-corrected chi connectivity index (χ2v) is 6.71. The molecule has 0 spiro atoms. The number of rotatable bonds is 4. The third-order valence-electron chi connectivity index (χ3n) is 3.21. The second-order valence-electron chi connectivity index (χ2n) is 4.62. The number of nitrogen functional groups attached to an aromatic ring is 1. The van der Waals surface area contributed by atoms with Crippen LogP contribution in [0.1, 0.15) is 13.3 Å². The Morgan fingerprint density at radius 1 is 1.32 bits per heavy atom. The quantitative estimate of drug-likeness (QED) is 0.872. The maximum atomic E-state index is 12.0. The Balaban J connectivity index is 2.02. The van der Waals surface area contributed by atoms with Crippen molar-refractivity contribution in [3.63, 3.8) is 0 Å². The van der Waals surface area contributed by atoms with Gasteiger partial charge in [-0.2, -0.15) is 4.31 Å². The van der Waals surface area contributed by atoms with E-state index in [9.17, 15) is 8.42 Å². The molecule has 6 nitrogen and oxygen atoms in total. The summed E-state index contributed by atoms with van der Waals surface area (Å²) in [5.41, 5.74) is 6.52. The average molecular weight is 284 g/mol. The van der Waals surface area contributed by atoms with Crippen molar-refractivity contribution in [1.82, 2.24) is 9.29 Å². The number of sulfonamides is 1. The van der Waals surface area contributed by atoms with Crippen molar-refractivity contribution in [3.05, 3.63) is 18.3 Å². The van der Waals surface area contributed by atoms with Gasteiger partial charge in [-0.3, -0.25) is 0 Å². The van der Waals surface area contributed by atoms with Crippen molar-refractivity contribution in [3.8, 4) is 0 Å². The van der Waals surface area contributed by atoms with Crippen LogP contribution in [0, 0.1) is 0 Å². The third-order valence-corrected chi connectivity index (χ3v) is 5.29. The smallest absolute Gasteiger partial charge is 0.214 e. The Morgan fingerprint density at radius 2 is 2.00 bits per heavy atom. The van der Waals surface area contributed by atoms with E-state index in [0.29, 0.717) is 38.3 Å². The minimum atomic E-state index is -3.09. The molecule has 19 heavy (non-hydrogen) atoms. The van der Waals surface area contributed by atoms with Crippen LogP contribution in [0.5, 0.6) is 0 Å². The van der Waals surface area contributed by atoms with E-state index in [1.807, 2.05) is 17.9 Å². The Labute approximate surface area is 114 Å². The average Bonchev–Trinajstić information content (AvgIpc) is 2.39. The molecule has 0 radical (unpaired) electrons. The Morgan fingerprint density at radius 3 is 2.58 bits per heavy atom. The number of hydrogen-bond donors (Lipinski definition) is 1. The lowest BCUT2D eigenvalue weighted by Gasteiger charge is -2.35. The number of piperazine rings is 1. The molecular weight excluding hydrogens is 264 g/mol. The summed E-state index contributed by atoms with van der Waals surface area (Å²) < 4.78 is 25.5. The van der Waals surface area contributed by atoms with Crippen LogP contribution in [-0.4, -0.2) is 49.6 Å². The minimum absolute atomic E-state index is 0.221.